The maximum atomic E-state index is 5.31. The van der Waals surface area contributed by atoms with Crippen LogP contribution < -0.4 is 10.1 Å². The molecule has 0 bridgehead atoms. The summed E-state index contributed by atoms with van der Waals surface area (Å²) in [6.45, 7) is 8.28. The Morgan fingerprint density at radius 1 is 1.12 bits per heavy atom. The van der Waals surface area contributed by atoms with E-state index < -0.39 is 0 Å². The maximum absolute atomic E-state index is 5.31. The zero-order valence-corrected chi connectivity index (χ0v) is 15.7. The van der Waals surface area contributed by atoms with E-state index in [1.807, 2.05) is 12.1 Å². The number of hydrogen-bond acceptors (Lipinski definition) is 3. The molecule has 1 aliphatic rings. The topological polar surface area (TPSA) is 24.5 Å². The molecule has 1 fully saturated rings. The Morgan fingerprint density at radius 3 is 2.46 bits per heavy atom. The molecule has 1 aliphatic heterocycles. The monoisotopic (exact) mass is 368 g/mol. The molecule has 132 valence electrons. The molecule has 2 aromatic rings. The van der Waals surface area contributed by atoms with Crippen molar-refractivity contribution in [2.24, 2.45) is 0 Å². The van der Waals surface area contributed by atoms with Crippen LogP contribution in [-0.2, 0) is 0 Å². The quantitative estimate of drug-likeness (QED) is 0.799. The molecule has 0 aliphatic carbocycles. The molecule has 24 heavy (non-hydrogen) atoms. The van der Waals surface area contributed by atoms with Gasteiger partial charge in [-0.1, -0.05) is 24.3 Å². The van der Waals surface area contributed by atoms with Gasteiger partial charge in [0.25, 0.3) is 0 Å². The number of hydrogen-bond donors (Lipinski definition) is 1. The maximum Gasteiger partial charge on any atom is 0.119 e. The Balaban J connectivity index is 0.00000144. The number of fused-ring (bicyclic) bond motifs is 1. The summed E-state index contributed by atoms with van der Waals surface area (Å²) in [4.78, 5) is 2.56. The highest BCUT2D eigenvalue weighted by molar-refractivity contribution is 5.86. The van der Waals surface area contributed by atoms with Crippen molar-refractivity contribution in [2.45, 2.75) is 12.5 Å². The van der Waals surface area contributed by atoms with Gasteiger partial charge in [-0.15, -0.1) is 31.4 Å². The molecule has 0 spiro atoms. The van der Waals surface area contributed by atoms with E-state index in [-0.39, 0.29) is 24.8 Å². The van der Waals surface area contributed by atoms with E-state index in [1.165, 1.54) is 16.3 Å². The van der Waals surface area contributed by atoms with Gasteiger partial charge < -0.3 is 10.1 Å². The van der Waals surface area contributed by atoms with Crippen LogP contribution in [0.3, 0.4) is 0 Å². The average molecular weight is 369 g/mol. The summed E-state index contributed by atoms with van der Waals surface area (Å²) in [7, 11) is 1.71. The van der Waals surface area contributed by atoms with Crippen molar-refractivity contribution in [3.63, 3.8) is 0 Å². The lowest BCUT2D eigenvalue weighted by Crippen LogP contribution is -2.45. The lowest BCUT2D eigenvalue weighted by atomic mass is 9.98. The zero-order chi connectivity index (χ0) is 15.4. The third kappa shape index (κ3) is 4.64. The van der Waals surface area contributed by atoms with Crippen LogP contribution in [0, 0.1) is 0 Å². The van der Waals surface area contributed by atoms with Crippen molar-refractivity contribution in [1.82, 2.24) is 10.2 Å². The summed E-state index contributed by atoms with van der Waals surface area (Å²) in [5, 5.41) is 5.91. The fourth-order valence-electron chi connectivity index (χ4n) is 3.22. The molecular weight excluding hydrogens is 343 g/mol. The van der Waals surface area contributed by atoms with Crippen LogP contribution >= 0.6 is 24.8 Å². The first-order chi connectivity index (χ1) is 10.8. The number of benzene rings is 2. The van der Waals surface area contributed by atoms with E-state index in [9.17, 15) is 0 Å². The molecule has 2 aromatic carbocycles. The molecule has 1 N–H and O–H groups in total. The highest BCUT2D eigenvalue weighted by Crippen LogP contribution is 2.29. The van der Waals surface area contributed by atoms with Gasteiger partial charge in [-0.2, -0.15) is 0 Å². The second kappa shape index (κ2) is 9.90. The van der Waals surface area contributed by atoms with Gasteiger partial charge in [0.15, 0.2) is 0 Å². The van der Waals surface area contributed by atoms with E-state index >= 15 is 0 Å². The summed E-state index contributed by atoms with van der Waals surface area (Å²) < 4.78 is 5.31. The van der Waals surface area contributed by atoms with Crippen LogP contribution in [0.4, 0.5) is 0 Å². The molecule has 5 heteroatoms. The molecule has 0 amide bonds. The smallest absolute Gasteiger partial charge is 0.119 e. The summed E-state index contributed by atoms with van der Waals surface area (Å²) in [5.41, 5.74) is 1.37. The largest absolute Gasteiger partial charge is 0.497 e. The molecule has 1 heterocycles. The van der Waals surface area contributed by atoms with Crippen molar-refractivity contribution in [3.05, 3.63) is 54.6 Å². The molecule has 0 radical (unpaired) electrons. The Morgan fingerprint density at radius 2 is 1.79 bits per heavy atom. The van der Waals surface area contributed by atoms with E-state index in [1.54, 1.807) is 7.11 Å². The first-order valence-electron chi connectivity index (χ1n) is 7.95. The predicted octanol–water partition coefficient (Wildman–Crippen LogP) is 4.21. The van der Waals surface area contributed by atoms with E-state index in [0.717, 1.165) is 38.3 Å². The molecular formula is C19H26Cl2N2O. The van der Waals surface area contributed by atoms with Gasteiger partial charge in [-0.05, 0) is 41.0 Å². The van der Waals surface area contributed by atoms with Gasteiger partial charge in [0.1, 0.15) is 5.75 Å². The number of piperazine rings is 1. The van der Waals surface area contributed by atoms with Crippen LogP contribution in [0.5, 0.6) is 5.75 Å². The normalized spacial score (nSPS) is 15.9. The average Bonchev–Trinajstić information content (AvgIpc) is 2.59. The summed E-state index contributed by atoms with van der Waals surface area (Å²) >= 11 is 0. The predicted molar refractivity (Wildman–Crippen MR) is 107 cm³/mol. The van der Waals surface area contributed by atoms with Crippen LogP contribution in [0.15, 0.2) is 49.1 Å². The highest BCUT2D eigenvalue weighted by Gasteiger charge is 2.21. The van der Waals surface area contributed by atoms with Crippen LogP contribution in [-0.4, -0.2) is 38.2 Å². The first kappa shape index (κ1) is 20.8. The van der Waals surface area contributed by atoms with Crippen LogP contribution in [0.2, 0.25) is 0 Å². The lowest BCUT2D eigenvalue weighted by molar-refractivity contribution is 0.174. The molecule has 0 unspecified atom stereocenters. The van der Waals surface area contributed by atoms with E-state index in [2.05, 4.69) is 47.1 Å². The van der Waals surface area contributed by atoms with Crippen LogP contribution in [0.1, 0.15) is 18.0 Å². The number of rotatable bonds is 5. The Bertz CT molecular complexity index is 657. The molecule has 1 atom stereocenters. The van der Waals surface area contributed by atoms with Gasteiger partial charge in [0.2, 0.25) is 0 Å². The highest BCUT2D eigenvalue weighted by atomic mass is 35.5. The standard InChI is InChI=1S/C19H24N2O.2ClH/c1-3-4-19(21-11-9-20-10-12-21)17-6-5-16-14-18(22-2)8-7-15(16)13-17;;/h3,5-8,13-14,19-20H,1,4,9-12H2,2H3;2*1H/t19-;;/m0../s1. The first-order valence-corrected chi connectivity index (χ1v) is 7.95. The van der Waals surface area contributed by atoms with Gasteiger partial charge in [0.05, 0.1) is 7.11 Å². The van der Waals surface area contributed by atoms with Crippen molar-refractivity contribution >= 4 is 35.6 Å². The number of nitrogens with one attached hydrogen (secondary N) is 1. The Labute approximate surface area is 156 Å². The molecule has 3 nitrogen and oxygen atoms in total. The van der Waals surface area contributed by atoms with Gasteiger partial charge in [0, 0.05) is 32.2 Å². The fraction of sp³-hybridized carbons (Fsp3) is 0.368. The van der Waals surface area contributed by atoms with E-state index in [4.69, 9.17) is 4.74 Å². The molecule has 3 rings (SSSR count). The van der Waals surface area contributed by atoms with Crippen molar-refractivity contribution < 1.29 is 4.74 Å². The minimum absolute atomic E-state index is 0. The third-order valence-corrected chi connectivity index (χ3v) is 4.44. The minimum Gasteiger partial charge on any atom is -0.497 e. The molecule has 0 aromatic heterocycles. The number of halogens is 2. The third-order valence-electron chi connectivity index (χ3n) is 4.44. The van der Waals surface area contributed by atoms with E-state index in [0.29, 0.717) is 6.04 Å². The molecule has 0 saturated carbocycles. The fourth-order valence-corrected chi connectivity index (χ4v) is 3.22. The summed E-state index contributed by atoms with van der Waals surface area (Å²) in [6.07, 6.45) is 3.02. The summed E-state index contributed by atoms with van der Waals surface area (Å²) in [5.74, 6) is 0.907. The SMILES string of the molecule is C=CC[C@@H](c1ccc2cc(OC)ccc2c1)N1CCNCC1.Cl.Cl. The number of nitrogens with zero attached hydrogens (tertiary/aromatic N) is 1. The van der Waals surface area contributed by atoms with Crippen molar-refractivity contribution in [2.75, 3.05) is 33.3 Å². The van der Waals surface area contributed by atoms with Crippen molar-refractivity contribution in [1.29, 1.82) is 0 Å². The Hall–Kier alpha value is -1.26. The second-order valence-electron chi connectivity index (χ2n) is 5.80. The van der Waals surface area contributed by atoms with Gasteiger partial charge in [-0.25, -0.2) is 0 Å². The van der Waals surface area contributed by atoms with Gasteiger partial charge >= 0.3 is 0 Å². The Kier molecular flexibility index (Phi) is 8.57. The lowest BCUT2D eigenvalue weighted by Gasteiger charge is -2.35. The minimum atomic E-state index is 0. The number of ether oxygens (including phenoxy) is 1. The molecule has 1 saturated heterocycles. The van der Waals surface area contributed by atoms with Crippen LogP contribution in [0.25, 0.3) is 10.8 Å². The summed E-state index contributed by atoms with van der Waals surface area (Å²) in [6, 6.07) is 13.4. The second-order valence-corrected chi connectivity index (χ2v) is 5.80. The zero-order valence-electron chi connectivity index (χ0n) is 14.0. The number of methoxy groups -OCH3 is 1. The van der Waals surface area contributed by atoms with Gasteiger partial charge in [-0.3, -0.25) is 4.90 Å². The van der Waals surface area contributed by atoms with Crippen molar-refractivity contribution in [3.8, 4) is 5.75 Å².